The highest BCUT2D eigenvalue weighted by atomic mass is 19.4. The fourth-order valence-electron chi connectivity index (χ4n) is 2.24. The van der Waals surface area contributed by atoms with E-state index >= 15 is 0 Å². The smallest absolute Gasteiger partial charge is 0.361 e. The number of aromatic nitrogens is 1. The Balaban J connectivity index is 1.71. The van der Waals surface area contributed by atoms with Crippen LogP contribution in [0.5, 0.6) is 0 Å². The molecule has 24 heavy (non-hydrogen) atoms. The molecule has 0 unspecified atom stereocenters. The van der Waals surface area contributed by atoms with Crippen LogP contribution in [0.4, 0.5) is 33.7 Å². The first kappa shape index (κ1) is 15.9. The number of halogens is 4. The number of benzene rings is 2. The van der Waals surface area contributed by atoms with E-state index in [0.29, 0.717) is 17.8 Å². The number of H-pyrrole nitrogens is 1. The van der Waals surface area contributed by atoms with Crippen molar-refractivity contribution in [1.82, 2.24) is 4.98 Å². The summed E-state index contributed by atoms with van der Waals surface area (Å²) in [5.41, 5.74) is -0.173. The van der Waals surface area contributed by atoms with Crippen molar-refractivity contribution in [3.63, 3.8) is 0 Å². The minimum Gasteiger partial charge on any atom is -0.361 e. The van der Waals surface area contributed by atoms with E-state index in [9.17, 15) is 22.4 Å². The van der Waals surface area contributed by atoms with Gasteiger partial charge < -0.3 is 15.6 Å². The number of hydrogen-bond donors (Lipinski definition) is 3. The van der Waals surface area contributed by atoms with Gasteiger partial charge >= 0.3 is 12.2 Å². The predicted molar refractivity (Wildman–Crippen MR) is 82.3 cm³/mol. The van der Waals surface area contributed by atoms with Gasteiger partial charge in [-0.25, -0.2) is 9.18 Å². The van der Waals surface area contributed by atoms with Crippen LogP contribution in [0.1, 0.15) is 5.56 Å². The van der Waals surface area contributed by atoms with Gasteiger partial charge in [-0.1, -0.05) is 6.07 Å². The van der Waals surface area contributed by atoms with E-state index in [1.54, 1.807) is 24.4 Å². The monoisotopic (exact) mass is 337 g/mol. The predicted octanol–water partition coefficient (Wildman–Crippen LogP) is 4.97. The Hall–Kier alpha value is -3.03. The molecular formula is C16H11F4N3O. The minimum atomic E-state index is -4.78. The van der Waals surface area contributed by atoms with Crippen LogP contribution in [0.3, 0.4) is 0 Å². The molecule has 2 amide bonds. The highest BCUT2D eigenvalue weighted by Crippen LogP contribution is 2.32. The molecule has 0 spiro atoms. The average molecular weight is 337 g/mol. The first-order chi connectivity index (χ1) is 11.3. The summed E-state index contributed by atoms with van der Waals surface area (Å²) >= 11 is 0. The molecule has 0 radical (unpaired) electrons. The molecule has 124 valence electrons. The molecule has 1 aromatic heterocycles. The van der Waals surface area contributed by atoms with E-state index in [4.69, 9.17) is 0 Å². The summed E-state index contributed by atoms with van der Waals surface area (Å²) in [6, 6.07) is 8.51. The molecule has 0 saturated heterocycles. The molecular weight excluding hydrogens is 326 g/mol. The third-order valence-corrected chi connectivity index (χ3v) is 3.35. The molecule has 0 fully saturated rings. The second-order valence-electron chi connectivity index (χ2n) is 5.05. The average Bonchev–Trinajstić information content (AvgIpc) is 2.93. The molecule has 4 nitrogen and oxygen atoms in total. The van der Waals surface area contributed by atoms with Gasteiger partial charge in [-0.15, -0.1) is 0 Å². The Kier molecular flexibility index (Phi) is 3.88. The first-order valence-corrected chi connectivity index (χ1v) is 6.85. The van der Waals surface area contributed by atoms with E-state index in [0.717, 1.165) is 17.0 Å². The molecule has 8 heteroatoms. The van der Waals surface area contributed by atoms with E-state index in [1.807, 2.05) is 6.07 Å². The molecule has 0 aliphatic carbocycles. The third-order valence-electron chi connectivity index (χ3n) is 3.35. The number of hydrogen-bond acceptors (Lipinski definition) is 1. The molecule has 0 aliphatic rings. The molecule has 1 heterocycles. The van der Waals surface area contributed by atoms with Crippen molar-refractivity contribution in [2.45, 2.75) is 6.18 Å². The van der Waals surface area contributed by atoms with Crippen molar-refractivity contribution in [2.75, 3.05) is 10.6 Å². The lowest BCUT2D eigenvalue weighted by molar-refractivity contribution is -0.139. The number of fused-ring (bicyclic) bond motifs is 1. The number of carbonyl (C=O) groups is 1. The largest absolute Gasteiger partial charge is 0.419 e. The van der Waals surface area contributed by atoms with E-state index in [2.05, 4.69) is 15.6 Å². The summed E-state index contributed by atoms with van der Waals surface area (Å²) in [6.45, 7) is 0. The lowest BCUT2D eigenvalue weighted by Gasteiger charge is -2.11. The van der Waals surface area contributed by atoms with Crippen LogP contribution in [-0.4, -0.2) is 11.0 Å². The van der Waals surface area contributed by atoms with E-state index in [-0.39, 0.29) is 5.69 Å². The lowest BCUT2D eigenvalue weighted by atomic mass is 10.2. The maximum absolute atomic E-state index is 13.5. The fraction of sp³-hybridized carbons (Fsp3) is 0.0625. The Labute approximate surface area is 133 Å². The molecule has 3 rings (SSSR count). The SMILES string of the molecule is O=C(Nc1ccc(C(F)(F)F)c(F)c1)Nc1ccc2cc[nH]c2c1. The van der Waals surface area contributed by atoms with Crippen LogP contribution >= 0.6 is 0 Å². The van der Waals surface area contributed by atoms with Gasteiger partial charge in [0.25, 0.3) is 0 Å². The number of anilines is 2. The van der Waals surface area contributed by atoms with E-state index < -0.39 is 23.6 Å². The van der Waals surface area contributed by atoms with Gasteiger partial charge in [0.15, 0.2) is 0 Å². The highest BCUT2D eigenvalue weighted by molar-refractivity contribution is 6.00. The second-order valence-corrected chi connectivity index (χ2v) is 5.05. The summed E-state index contributed by atoms with van der Waals surface area (Å²) in [7, 11) is 0. The van der Waals surface area contributed by atoms with Crippen molar-refractivity contribution in [1.29, 1.82) is 0 Å². The lowest BCUT2D eigenvalue weighted by Crippen LogP contribution is -2.19. The van der Waals surface area contributed by atoms with Crippen molar-refractivity contribution in [3.05, 3.63) is 60.0 Å². The van der Waals surface area contributed by atoms with Gasteiger partial charge in [-0.3, -0.25) is 0 Å². The zero-order chi connectivity index (χ0) is 17.3. The van der Waals surface area contributed by atoms with E-state index in [1.165, 1.54) is 0 Å². The number of rotatable bonds is 2. The molecule has 0 bridgehead atoms. The summed E-state index contributed by atoms with van der Waals surface area (Å²) < 4.78 is 50.9. The van der Waals surface area contributed by atoms with Crippen LogP contribution < -0.4 is 10.6 Å². The Morgan fingerprint density at radius 1 is 0.958 bits per heavy atom. The van der Waals surface area contributed by atoms with Gasteiger partial charge in [0.1, 0.15) is 5.82 Å². The summed E-state index contributed by atoms with van der Waals surface area (Å²) in [6.07, 6.45) is -3.03. The molecule has 2 aromatic carbocycles. The number of aromatic amines is 1. The van der Waals surface area contributed by atoms with Crippen molar-refractivity contribution >= 4 is 28.3 Å². The number of carbonyl (C=O) groups excluding carboxylic acids is 1. The van der Waals surface area contributed by atoms with Gasteiger partial charge in [0.05, 0.1) is 5.56 Å². The zero-order valence-electron chi connectivity index (χ0n) is 12.0. The van der Waals surface area contributed by atoms with Crippen molar-refractivity contribution in [2.24, 2.45) is 0 Å². The Bertz CT molecular complexity index is 902. The van der Waals surface area contributed by atoms with Gasteiger partial charge in [0, 0.05) is 23.1 Å². The topological polar surface area (TPSA) is 56.9 Å². The van der Waals surface area contributed by atoms with Crippen LogP contribution in [0.15, 0.2) is 48.7 Å². The number of urea groups is 1. The molecule has 0 aliphatic heterocycles. The quantitative estimate of drug-likeness (QED) is 0.568. The number of alkyl halides is 3. The van der Waals surface area contributed by atoms with Crippen LogP contribution in [0.2, 0.25) is 0 Å². The van der Waals surface area contributed by atoms with Crippen LogP contribution in [-0.2, 0) is 6.18 Å². The Morgan fingerprint density at radius 3 is 2.29 bits per heavy atom. The van der Waals surface area contributed by atoms with Gasteiger partial charge in [0.2, 0.25) is 0 Å². The second kappa shape index (κ2) is 5.88. The normalized spacial score (nSPS) is 11.5. The van der Waals surface area contributed by atoms with Crippen molar-refractivity contribution < 1.29 is 22.4 Å². The standard InChI is InChI=1S/C16H11F4N3O/c17-13-7-10(3-4-12(13)16(18,19)20)22-15(24)23-11-2-1-9-5-6-21-14(9)8-11/h1-8,21H,(H2,22,23,24). The van der Waals surface area contributed by atoms with Crippen molar-refractivity contribution in [3.8, 4) is 0 Å². The highest BCUT2D eigenvalue weighted by Gasteiger charge is 2.33. The third kappa shape index (κ3) is 3.32. The Morgan fingerprint density at radius 2 is 1.62 bits per heavy atom. The zero-order valence-corrected chi connectivity index (χ0v) is 12.0. The van der Waals surface area contributed by atoms with Crippen LogP contribution in [0, 0.1) is 5.82 Å². The molecule has 3 aromatic rings. The number of amides is 2. The fourth-order valence-corrected chi connectivity index (χ4v) is 2.24. The molecule has 0 atom stereocenters. The molecule has 3 N–H and O–H groups in total. The van der Waals surface area contributed by atoms with Crippen LogP contribution in [0.25, 0.3) is 10.9 Å². The first-order valence-electron chi connectivity index (χ1n) is 6.85. The van der Waals surface area contributed by atoms with Gasteiger partial charge in [-0.2, -0.15) is 13.2 Å². The molecule has 0 saturated carbocycles. The minimum absolute atomic E-state index is 0.0843. The number of nitrogens with one attached hydrogen (secondary N) is 3. The maximum Gasteiger partial charge on any atom is 0.419 e. The summed E-state index contributed by atoms with van der Waals surface area (Å²) in [5, 5.41) is 5.77. The summed E-state index contributed by atoms with van der Waals surface area (Å²) in [5.74, 6) is -1.45. The summed E-state index contributed by atoms with van der Waals surface area (Å²) in [4.78, 5) is 14.9. The van der Waals surface area contributed by atoms with Gasteiger partial charge in [-0.05, 0) is 41.8 Å². The maximum atomic E-state index is 13.5.